The van der Waals surface area contributed by atoms with Gasteiger partial charge in [0.1, 0.15) is 5.60 Å². The van der Waals surface area contributed by atoms with Crippen LogP contribution in [0.5, 0.6) is 0 Å². The molecule has 1 saturated heterocycles. The van der Waals surface area contributed by atoms with Crippen molar-refractivity contribution in [3.8, 4) is 0 Å². The van der Waals surface area contributed by atoms with Crippen LogP contribution in [0.15, 0.2) is 30.3 Å². The van der Waals surface area contributed by atoms with Gasteiger partial charge in [0.05, 0.1) is 6.04 Å². The summed E-state index contributed by atoms with van der Waals surface area (Å²) in [5.41, 5.74) is 0.162. The van der Waals surface area contributed by atoms with Crippen LogP contribution in [0.4, 0.5) is 18.0 Å². The molecule has 26 heavy (non-hydrogen) atoms. The van der Waals surface area contributed by atoms with Crippen molar-refractivity contribution in [2.75, 3.05) is 13.1 Å². The first kappa shape index (κ1) is 20.1. The Balaban J connectivity index is 2.19. The monoisotopic (exact) mass is 372 g/mol. The van der Waals surface area contributed by atoms with Gasteiger partial charge >= 0.3 is 18.2 Å². The summed E-state index contributed by atoms with van der Waals surface area (Å²) < 4.78 is 43.5. The van der Waals surface area contributed by atoms with E-state index in [0.717, 1.165) is 10.5 Å². The molecule has 1 N–H and O–H groups in total. The highest BCUT2D eigenvalue weighted by Crippen LogP contribution is 2.31. The Morgan fingerprint density at radius 2 is 1.77 bits per heavy atom. The summed E-state index contributed by atoms with van der Waals surface area (Å²) >= 11 is 0. The van der Waals surface area contributed by atoms with Crippen LogP contribution < -0.4 is 5.32 Å². The van der Waals surface area contributed by atoms with Crippen LogP contribution in [0.2, 0.25) is 0 Å². The summed E-state index contributed by atoms with van der Waals surface area (Å²) in [6.07, 6.45) is -5.34. The van der Waals surface area contributed by atoms with Gasteiger partial charge in [0.2, 0.25) is 0 Å². The highest BCUT2D eigenvalue weighted by atomic mass is 19.4. The number of hydrogen-bond donors (Lipinski definition) is 1. The molecule has 1 heterocycles. The molecule has 1 aliphatic heterocycles. The Morgan fingerprint density at radius 3 is 2.31 bits per heavy atom. The fraction of sp³-hybridized carbons (Fsp3) is 0.556. The van der Waals surface area contributed by atoms with E-state index >= 15 is 0 Å². The van der Waals surface area contributed by atoms with Crippen LogP contribution in [0.3, 0.4) is 0 Å². The Morgan fingerprint density at radius 1 is 1.15 bits per heavy atom. The van der Waals surface area contributed by atoms with E-state index < -0.39 is 29.8 Å². The first-order valence-corrected chi connectivity index (χ1v) is 8.38. The lowest BCUT2D eigenvalue weighted by Gasteiger charge is -2.39. The maximum Gasteiger partial charge on any atom is 0.471 e. The van der Waals surface area contributed by atoms with E-state index in [1.54, 1.807) is 20.8 Å². The number of amides is 2. The maximum absolute atomic E-state index is 12.8. The van der Waals surface area contributed by atoms with E-state index in [0.29, 0.717) is 6.42 Å². The van der Waals surface area contributed by atoms with Crippen molar-refractivity contribution in [1.82, 2.24) is 10.2 Å². The molecule has 2 rings (SSSR count). The van der Waals surface area contributed by atoms with Gasteiger partial charge in [0, 0.05) is 19.0 Å². The molecule has 2 atom stereocenters. The van der Waals surface area contributed by atoms with Gasteiger partial charge in [-0.1, -0.05) is 30.3 Å². The topological polar surface area (TPSA) is 58.6 Å². The van der Waals surface area contributed by atoms with Crippen molar-refractivity contribution in [3.05, 3.63) is 35.9 Å². The number of hydrogen-bond acceptors (Lipinski definition) is 3. The van der Waals surface area contributed by atoms with Gasteiger partial charge in [-0.15, -0.1) is 0 Å². The zero-order valence-corrected chi connectivity index (χ0v) is 15.0. The molecule has 0 spiro atoms. The van der Waals surface area contributed by atoms with E-state index in [2.05, 4.69) is 5.32 Å². The molecular weight excluding hydrogens is 349 g/mol. The first-order valence-electron chi connectivity index (χ1n) is 8.38. The smallest absolute Gasteiger partial charge is 0.444 e. The second-order valence-corrected chi connectivity index (χ2v) is 7.31. The minimum Gasteiger partial charge on any atom is -0.444 e. The lowest BCUT2D eigenvalue weighted by molar-refractivity contribution is -0.186. The van der Waals surface area contributed by atoms with Crippen molar-refractivity contribution < 1.29 is 27.5 Å². The average molecular weight is 372 g/mol. The number of benzene rings is 1. The summed E-state index contributed by atoms with van der Waals surface area (Å²) in [7, 11) is 0. The second kappa shape index (κ2) is 7.55. The summed E-state index contributed by atoms with van der Waals surface area (Å²) in [4.78, 5) is 24.4. The lowest BCUT2D eigenvalue weighted by Crippen LogP contribution is -2.56. The van der Waals surface area contributed by atoms with Crippen molar-refractivity contribution in [2.45, 2.75) is 50.9 Å². The molecule has 144 valence electrons. The van der Waals surface area contributed by atoms with Gasteiger partial charge < -0.3 is 15.0 Å². The van der Waals surface area contributed by atoms with Crippen molar-refractivity contribution >= 4 is 12.0 Å². The van der Waals surface area contributed by atoms with Crippen LogP contribution in [0.25, 0.3) is 0 Å². The number of likely N-dealkylation sites (tertiary alicyclic amines) is 1. The average Bonchev–Trinajstić information content (AvgIpc) is 2.52. The molecule has 0 bridgehead atoms. The molecule has 0 unspecified atom stereocenters. The molecule has 0 radical (unpaired) electrons. The Labute approximate surface area is 150 Å². The Kier molecular flexibility index (Phi) is 5.83. The minimum atomic E-state index is -4.93. The van der Waals surface area contributed by atoms with Gasteiger partial charge in [-0.25, -0.2) is 4.79 Å². The van der Waals surface area contributed by atoms with Gasteiger partial charge in [-0.2, -0.15) is 13.2 Å². The standard InChI is InChI=1S/C18H23F3N2O3/c1-17(2,3)26-16(25)22-14-11-23(15(24)18(19,20)21)10-9-13(14)12-7-5-4-6-8-12/h4-8,13-14H,9-11H2,1-3H3,(H,22,25)/t13-,14+/m1/s1. The van der Waals surface area contributed by atoms with Crippen molar-refractivity contribution in [1.29, 1.82) is 0 Å². The van der Waals surface area contributed by atoms with Crippen molar-refractivity contribution in [3.63, 3.8) is 0 Å². The fourth-order valence-electron chi connectivity index (χ4n) is 3.02. The number of carbonyl (C=O) groups excluding carboxylic acids is 2. The Hall–Kier alpha value is -2.25. The molecule has 1 aromatic carbocycles. The molecule has 5 nitrogen and oxygen atoms in total. The van der Waals surface area contributed by atoms with Crippen LogP contribution in [-0.4, -0.2) is 47.8 Å². The van der Waals surface area contributed by atoms with E-state index in [-0.39, 0.29) is 19.0 Å². The maximum atomic E-state index is 12.8. The van der Waals surface area contributed by atoms with Crippen LogP contribution in [-0.2, 0) is 9.53 Å². The van der Waals surface area contributed by atoms with E-state index in [1.165, 1.54) is 0 Å². The highest BCUT2D eigenvalue weighted by Gasteiger charge is 2.45. The molecule has 1 fully saturated rings. The van der Waals surface area contributed by atoms with Gasteiger partial charge in [0.25, 0.3) is 0 Å². The number of halogens is 3. The number of rotatable bonds is 2. The summed E-state index contributed by atoms with van der Waals surface area (Å²) in [6.45, 7) is 4.84. The van der Waals surface area contributed by atoms with Crippen molar-refractivity contribution in [2.24, 2.45) is 0 Å². The van der Waals surface area contributed by atoms with E-state index in [4.69, 9.17) is 4.74 Å². The number of ether oxygens (including phenoxy) is 1. The number of nitrogens with zero attached hydrogens (tertiary/aromatic N) is 1. The number of alkyl halides is 3. The van der Waals surface area contributed by atoms with E-state index in [1.807, 2.05) is 30.3 Å². The van der Waals surface area contributed by atoms with Crippen LogP contribution in [0.1, 0.15) is 38.7 Å². The molecule has 2 amide bonds. The zero-order valence-electron chi connectivity index (χ0n) is 15.0. The summed E-state index contributed by atoms with van der Waals surface area (Å²) in [5.74, 6) is -2.10. The first-order chi connectivity index (χ1) is 12.0. The quantitative estimate of drug-likeness (QED) is 0.865. The third-order valence-corrected chi connectivity index (χ3v) is 4.07. The number of nitrogens with one attached hydrogen (secondary N) is 1. The second-order valence-electron chi connectivity index (χ2n) is 7.31. The van der Waals surface area contributed by atoms with Gasteiger partial charge in [0.15, 0.2) is 0 Å². The largest absolute Gasteiger partial charge is 0.471 e. The minimum absolute atomic E-state index is 0.0234. The predicted molar refractivity (Wildman–Crippen MR) is 89.6 cm³/mol. The third-order valence-electron chi connectivity index (χ3n) is 4.07. The van der Waals surface area contributed by atoms with Crippen LogP contribution >= 0.6 is 0 Å². The Bertz CT molecular complexity index is 641. The van der Waals surface area contributed by atoms with Gasteiger partial charge in [-0.3, -0.25) is 4.79 Å². The normalized spacial score (nSPS) is 21.2. The molecule has 1 aliphatic rings. The van der Waals surface area contributed by atoms with Gasteiger partial charge in [-0.05, 0) is 32.8 Å². The SMILES string of the molecule is CC(C)(C)OC(=O)N[C@H]1CN(C(=O)C(F)(F)F)CC[C@@H]1c1ccccc1. The number of carbonyl (C=O) groups is 2. The molecule has 0 aliphatic carbocycles. The fourth-order valence-corrected chi connectivity index (χ4v) is 3.02. The lowest BCUT2D eigenvalue weighted by atomic mass is 9.85. The third kappa shape index (κ3) is 5.37. The molecule has 8 heteroatoms. The molecule has 0 aromatic heterocycles. The molecule has 1 aromatic rings. The zero-order chi connectivity index (χ0) is 19.5. The number of alkyl carbamates (subject to hydrolysis) is 1. The predicted octanol–water partition coefficient (Wildman–Crippen LogP) is 3.46. The van der Waals surface area contributed by atoms with E-state index in [9.17, 15) is 22.8 Å². The summed E-state index contributed by atoms with van der Waals surface area (Å²) in [5, 5.41) is 2.64. The summed E-state index contributed by atoms with van der Waals surface area (Å²) in [6, 6.07) is 8.53. The number of piperidine rings is 1. The molecular formula is C18H23F3N2O3. The molecule has 0 saturated carbocycles. The van der Waals surface area contributed by atoms with Crippen LogP contribution in [0, 0.1) is 0 Å². The highest BCUT2D eigenvalue weighted by molar-refractivity contribution is 5.82.